The molecule has 136 valence electrons. The van der Waals surface area contributed by atoms with E-state index in [4.69, 9.17) is 21.1 Å². The van der Waals surface area contributed by atoms with Crippen molar-refractivity contribution in [2.45, 2.75) is 38.0 Å². The van der Waals surface area contributed by atoms with Crippen LogP contribution < -0.4 is 10.1 Å². The highest BCUT2D eigenvalue weighted by Crippen LogP contribution is 2.24. The number of amides is 1. The van der Waals surface area contributed by atoms with Crippen LogP contribution in [0.1, 0.15) is 31.4 Å². The van der Waals surface area contributed by atoms with Crippen molar-refractivity contribution in [3.8, 4) is 5.75 Å². The Morgan fingerprint density at radius 3 is 2.50 bits per heavy atom. The summed E-state index contributed by atoms with van der Waals surface area (Å²) in [5.74, 6) is -0.479. The summed E-state index contributed by atoms with van der Waals surface area (Å²) in [6.45, 7) is 1.57. The van der Waals surface area contributed by atoms with Crippen molar-refractivity contribution in [3.63, 3.8) is 0 Å². The maximum atomic E-state index is 12.5. The molecule has 5 nitrogen and oxygen atoms in total. The number of carbonyl (C=O) groups excluding carboxylic acids is 2. The minimum absolute atomic E-state index is 0.174. The first-order valence-corrected chi connectivity index (χ1v) is 8.89. The molecule has 0 aromatic heterocycles. The number of halogens is 1. The van der Waals surface area contributed by atoms with Crippen LogP contribution in [0, 0.1) is 0 Å². The number of hydrogen-bond acceptors (Lipinski definition) is 4. The second kappa shape index (κ2) is 8.23. The number of esters is 1. The van der Waals surface area contributed by atoms with Crippen LogP contribution in [0.3, 0.4) is 0 Å². The van der Waals surface area contributed by atoms with Gasteiger partial charge in [0, 0.05) is 16.6 Å². The number of nitrogens with one attached hydrogen (secondary N) is 1. The third-order valence-electron chi connectivity index (χ3n) is 3.94. The molecule has 1 saturated carbocycles. The first-order valence-electron chi connectivity index (χ1n) is 8.51. The van der Waals surface area contributed by atoms with Gasteiger partial charge in [0.25, 0.3) is 5.91 Å². The zero-order chi connectivity index (χ0) is 18.5. The lowest BCUT2D eigenvalue weighted by atomic mass is 10.1. The zero-order valence-corrected chi connectivity index (χ0v) is 15.1. The third-order valence-corrected chi connectivity index (χ3v) is 4.17. The minimum atomic E-state index is -1.00. The molecule has 26 heavy (non-hydrogen) atoms. The number of carbonyl (C=O) groups is 2. The zero-order valence-electron chi connectivity index (χ0n) is 14.4. The lowest BCUT2D eigenvalue weighted by Crippen LogP contribution is -2.36. The van der Waals surface area contributed by atoms with Crippen LogP contribution in [-0.4, -0.2) is 24.0 Å². The van der Waals surface area contributed by atoms with Crippen LogP contribution in [0.2, 0.25) is 5.02 Å². The number of ether oxygens (including phenoxy) is 2. The molecule has 0 bridgehead atoms. The predicted molar refractivity (Wildman–Crippen MR) is 98.0 cm³/mol. The van der Waals surface area contributed by atoms with Gasteiger partial charge in [-0.25, -0.2) is 4.79 Å². The molecule has 2 unspecified atom stereocenters. The molecule has 0 aliphatic heterocycles. The smallest absolute Gasteiger partial charge is 0.348 e. The maximum Gasteiger partial charge on any atom is 0.348 e. The Morgan fingerprint density at radius 1 is 1.12 bits per heavy atom. The molecule has 0 heterocycles. The molecule has 0 saturated heterocycles. The highest BCUT2D eigenvalue weighted by molar-refractivity contribution is 6.30. The van der Waals surface area contributed by atoms with Crippen molar-refractivity contribution in [1.82, 2.24) is 5.32 Å². The molecule has 1 aliphatic carbocycles. The van der Waals surface area contributed by atoms with Crippen LogP contribution in [0.15, 0.2) is 54.6 Å². The van der Waals surface area contributed by atoms with E-state index in [0.29, 0.717) is 16.3 Å². The van der Waals surface area contributed by atoms with Crippen LogP contribution in [-0.2, 0) is 14.3 Å². The van der Waals surface area contributed by atoms with Crippen molar-refractivity contribution in [1.29, 1.82) is 0 Å². The third kappa shape index (κ3) is 4.99. The Labute approximate surface area is 157 Å². The van der Waals surface area contributed by atoms with Gasteiger partial charge in [-0.2, -0.15) is 0 Å². The van der Waals surface area contributed by atoms with E-state index in [0.717, 1.165) is 12.8 Å². The Morgan fingerprint density at radius 2 is 1.85 bits per heavy atom. The standard InChI is InChI=1S/C20H20ClNO4/c1-13(25-17-9-5-8-15(21)12-17)20(24)26-18(14-6-3-2-4-7-14)19(23)22-16-10-11-16/h2-9,12-13,16,18H,10-11H2,1H3,(H,22,23). The van der Waals surface area contributed by atoms with Crippen molar-refractivity contribution >= 4 is 23.5 Å². The van der Waals surface area contributed by atoms with E-state index in [1.807, 2.05) is 6.07 Å². The van der Waals surface area contributed by atoms with Gasteiger partial charge < -0.3 is 14.8 Å². The minimum Gasteiger partial charge on any atom is -0.479 e. The van der Waals surface area contributed by atoms with E-state index >= 15 is 0 Å². The van der Waals surface area contributed by atoms with E-state index in [-0.39, 0.29) is 11.9 Å². The Hall–Kier alpha value is -2.53. The molecule has 1 N–H and O–H groups in total. The lowest BCUT2D eigenvalue weighted by molar-refractivity contribution is -0.162. The first kappa shape index (κ1) is 18.3. The van der Waals surface area contributed by atoms with E-state index in [1.165, 1.54) is 0 Å². The molecule has 1 aliphatic rings. The van der Waals surface area contributed by atoms with Gasteiger partial charge in [-0.05, 0) is 38.0 Å². The quantitative estimate of drug-likeness (QED) is 0.752. The molecule has 0 radical (unpaired) electrons. The van der Waals surface area contributed by atoms with Crippen molar-refractivity contribution in [3.05, 3.63) is 65.2 Å². The Kier molecular flexibility index (Phi) is 5.78. The summed E-state index contributed by atoms with van der Waals surface area (Å²) in [4.78, 5) is 25.0. The van der Waals surface area contributed by atoms with Crippen LogP contribution in [0.5, 0.6) is 5.75 Å². The molecular formula is C20H20ClNO4. The average Bonchev–Trinajstić information content (AvgIpc) is 3.44. The van der Waals surface area contributed by atoms with Gasteiger partial charge in [0.2, 0.25) is 6.10 Å². The fourth-order valence-electron chi connectivity index (χ4n) is 2.41. The molecule has 1 amide bonds. The molecule has 1 fully saturated rings. The molecule has 6 heteroatoms. The van der Waals surface area contributed by atoms with Gasteiger partial charge in [-0.15, -0.1) is 0 Å². The lowest BCUT2D eigenvalue weighted by Gasteiger charge is -2.21. The van der Waals surface area contributed by atoms with Crippen LogP contribution in [0.4, 0.5) is 0 Å². The fraction of sp³-hybridized carbons (Fsp3) is 0.300. The maximum absolute atomic E-state index is 12.5. The van der Waals surface area contributed by atoms with Gasteiger partial charge >= 0.3 is 5.97 Å². The largest absolute Gasteiger partial charge is 0.479 e. The topological polar surface area (TPSA) is 64.6 Å². The summed E-state index contributed by atoms with van der Waals surface area (Å²) in [6.07, 6.45) is 0.0217. The highest BCUT2D eigenvalue weighted by atomic mass is 35.5. The van der Waals surface area contributed by atoms with Crippen LogP contribution in [0.25, 0.3) is 0 Å². The predicted octanol–water partition coefficient (Wildman–Crippen LogP) is 3.67. The van der Waals surface area contributed by atoms with E-state index in [1.54, 1.807) is 55.5 Å². The SMILES string of the molecule is CC(Oc1cccc(Cl)c1)C(=O)OC(C(=O)NC1CC1)c1ccccc1. The Balaban J connectivity index is 1.68. The fourth-order valence-corrected chi connectivity index (χ4v) is 2.59. The molecule has 2 atom stereocenters. The normalized spacial score (nSPS) is 15.6. The van der Waals surface area contributed by atoms with E-state index < -0.39 is 18.2 Å². The van der Waals surface area contributed by atoms with Gasteiger partial charge in [-0.3, -0.25) is 4.79 Å². The second-order valence-electron chi connectivity index (χ2n) is 6.23. The number of rotatable bonds is 7. The molecular weight excluding hydrogens is 354 g/mol. The molecule has 3 rings (SSSR count). The highest BCUT2D eigenvalue weighted by Gasteiger charge is 2.32. The van der Waals surface area contributed by atoms with Crippen molar-refractivity contribution in [2.24, 2.45) is 0 Å². The molecule has 2 aromatic carbocycles. The van der Waals surface area contributed by atoms with Crippen LogP contribution >= 0.6 is 11.6 Å². The van der Waals surface area contributed by atoms with Crippen molar-refractivity contribution < 1.29 is 19.1 Å². The molecule has 2 aromatic rings. The van der Waals surface area contributed by atoms with Gasteiger partial charge in [0.05, 0.1) is 0 Å². The summed E-state index contributed by atoms with van der Waals surface area (Å²) in [5, 5.41) is 3.39. The summed E-state index contributed by atoms with van der Waals surface area (Å²) in [5.41, 5.74) is 0.619. The van der Waals surface area contributed by atoms with Gasteiger partial charge in [0.1, 0.15) is 5.75 Å². The summed E-state index contributed by atoms with van der Waals surface area (Å²) >= 11 is 5.92. The Bertz CT molecular complexity index is 776. The van der Waals surface area contributed by atoms with E-state index in [9.17, 15) is 9.59 Å². The van der Waals surface area contributed by atoms with Gasteiger partial charge in [0.15, 0.2) is 6.10 Å². The molecule has 0 spiro atoms. The number of hydrogen-bond donors (Lipinski definition) is 1. The first-order chi connectivity index (χ1) is 12.5. The second-order valence-corrected chi connectivity index (χ2v) is 6.66. The van der Waals surface area contributed by atoms with Gasteiger partial charge in [-0.1, -0.05) is 48.0 Å². The summed E-state index contributed by atoms with van der Waals surface area (Å²) in [7, 11) is 0. The monoisotopic (exact) mass is 373 g/mol. The summed E-state index contributed by atoms with van der Waals surface area (Å²) < 4.78 is 11.1. The number of benzene rings is 2. The summed E-state index contributed by atoms with van der Waals surface area (Å²) in [6, 6.07) is 15.9. The van der Waals surface area contributed by atoms with E-state index in [2.05, 4.69) is 5.32 Å². The average molecular weight is 374 g/mol. The van der Waals surface area contributed by atoms with Crippen molar-refractivity contribution in [2.75, 3.05) is 0 Å².